The van der Waals surface area contributed by atoms with Crippen molar-refractivity contribution in [3.8, 4) is 0 Å². The molecule has 0 saturated heterocycles. The Morgan fingerprint density at radius 2 is 2.29 bits per heavy atom. The van der Waals surface area contributed by atoms with Crippen LogP contribution in [0.2, 0.25) is 0 Å². The summed E-state index contributed by atoms with van der Waals surface area (Å²) in [6, 6.07) is 6.44. The van der Waals surface area contributed by atoms with Crippen molar-refractivity contribution in [2.75, 3.05) is 0 Å². The molecule has 14 heavy (non-hydrogen) atoms. The van der Waals surface area contributed by atoms with Crippen molar-refractivity contribution >= 4 is 0 Å². The van der Waals surface area contributed by atoms with Crippen LogP contribution in [-0.4, -0.2) is 5.54 Å². The summed E-state index contributed by atoms with van der Waals surface area (Å²) in [7, 11) is 0. The highest BCUT2D eigenvalue weighted by atomic mass is 19.1. The molecule has 1 aliphatic rings. The van der Waals surface area contributed by atoms with Crippen LogP contribution in [0.3, 0.4) is 0 Å². The number of nitrogens with zero attached hydrogens (tertiary/aromatic N) is 3. The predicted octanol–water partition coefficient (Wildman–Crippen LogP) is 3.21. The third-order valence-corrected chi connectivity index (χ3v) is 2.51. The van der Waals surface area contributed by atoms with E-state index in [1.807, 2.05) is 6.07 Å². The molecular formula is C10H10FN3. The Morgan fingerprint density at radius 1 is 1.50 bits per heavy atom. The topological polar surface area (TPSA) is 48.8 Å². The van der Waals surface area contributed by atoms with E-state index in [1.54, 1.807) is 6.07 Å². The van der Waals surface area contributed by atoms with Crippen LogP contribution >= 0.6 is 0 Å². The third-order valence-electron chi connectivity index (χ3n) is 2.51. The molecule has 0 heterocycles. The van der Waals surface area contributed by atoms with Crippen LogP contribution in [0, 0.1) is 5.82 Å². The first-order chi connectivity index (χ1) is 6.74. The van der Waals surface area contributed by atoms with E-state index in [-0.39, 0.29) is 11.4 Å². The van der Waals surface area contributed by atoms with Crippen LogP contribution in [0.15, 0.2) is 29.4 Å². The molecule has 2 rings (SSSR count). The smallest absolute Gasteiger partial charge is 0.123 e. The summed E-state index contributed by atoms with van der Waals surface area (Å²) in [5, 5.41) is 3.75. The third kappa shape index (κ3) is 1.86. The first-order valence-corrected chi connectivity index (χ1v) is 4.55. The van der Waals surface area contributed by atoms with Crippen LogP contribution in [-0.2, 0) is 6.42 Å². The van der Waals surface area contributed by atoms with E-state index in [1.165, 1.54) is 12.1 Å². The maximum absolute atomic E-state index is 12.8. The zero-order chi connectivity index (χ0) is 10.0. The fourth-order valence-corrected chi connectivity index (χ4v) is 1.58. The van der Waals surface area contributed by atoms with E-state index in [0.29, 0.717) is 6.42 Å². The highest BCUT2D eigenvalue weighted by Gasteiger charge is 2.41. The van der Waals surface area contributed by atoms with Gasteiger partial charge in [0, 0.05) is 4.91 Å². The standard InChI is InChI=1S/C10H10FN3/c11-9-3-1-2-8(6-9)7-10(4-5-10)13-14-12/h1-3,6H,4-5,7H2. The minimum Gasteiger partial charge on any atom is -0.207 e. The maximum atomic E-state index is 12.8. The van der Waals surface area contributed by atoms with E-state index in [0.717, 1.165) is 18.4 Å². The lowest BCUT2D eigenvalue weighted by Gasteiger charge is -2.07. The summed E-state index contributed by atoms with van der Waals surface area (Å²) in [5.41, 5.74) is 9.00. The van der Waals surface area contributed by atoms with Crippen LogP contribution in [0.25, 0.3) is 10.4 Å². The van der Waals surface area contributed by atoms with Crippen molar-refractivity contribution < 1.29 is 4.39 Å². The zero-order valence-corrected chi connectivity index (χ0v) is 7.65. The Kier molecular flexibility index (Phi) is 2.14. The molecule has 0 aliphatic heterocycles. The second kappa shape index (κ2) is 3.31. The lowest BCUT2D eigenvalue weighted by atomic mass is 10.1. The fourth-order valence-electron chi connectivity index (χ4n) is 1.58. The van der Waals surface area contributed by atoms with Gasteiger partial charge < -0.3 is 0 Å². The molecule has 0 aromatic heterocycles. The fraction of sp³-hybridized carbons (Fsp3) is 0.400. The second-order valence-electron chi connectivity index (χ2n) is 3.72. The molecule has 1 aromatic carbocycles. The molecule has 1 saturated carbocycles. The first kappa shape index (κ1) is 9.03. The Balaban J connectivity index is 2.15. The molecule has 0 bridgehead atoms. The molecule has 1 aromatic rings. The molecule has 72 valence electrons. The number of azide groups is 1. The molecule has 3 nitrogen and oxygen atoms in total. The van der Waals surface area contributed by atoms with Gasteiger partial charge in [0.1, 0.15) is 5.82 Å². The molecule has 0 atom stereocenters. The minimum absolute atomic E-state index is 0.237. The van der Waals surface area contributed by atoms with Gasteiger partial charge in [-0.05, 0) is 42.5 Å². The van der Waals surface area contributed by atoms with Gasteiger partial charge in [0.25, 0.3) is 0 Å². The van der Waals surface area contributed by atoms with E-state index in [9.17, 15) is 4.39 Å². The van der Waals surface area contributed by atoms with Crippen LogP contribution in [0.1, 0.15) is 18.4 Å². The maximum Gasteiger partial charge on any atom is 0.123 e. The molecule has 4 heteroatoms. The SMILES string of the molecule is [N-]=[N+]=NC1(Cc2cccc(F)c2)CC1. The number of hydrogen-bond acceptors (Lipinski definition) is 1. The molecule has 0 radical (unpaired) electrons. The van der Waals surface area contributed by atoms with Gasteiger partial charge in [-0.3, -0.25) is 0 Å². The molecular weight excluding hydrogens is 181 g/mol. The average molecular weight is 191 g/mol. The lowest BCUT2D eigenvalue weighted by molar-refractivity contribution is 0.617. The largest absolute Gasteiger partial charge is 0.207 e. The highest BCUT2D eigenvalue weighted by Crippen LogP contribution is 2.42. The number of rotatable bonds is 3. The van der Waals surface area contributed by atoms with Gasteiger partial charge in [-0.2, -0.15) is 0 Å². The van der Waals surface area contributed by atoms with Crippen LogP contribution < -0.4 is 0 Å². The molecule has 1 aliphatic carbocycles. The Morgan fingerprint density at radius 3 is 2.86 bits per heavy atom. The van der Waals surface area contributed by atoms with Crippen LogP contribution in [0.4, 0.5) is 4.39 Å². The molecule has 0 amide bonds. The highest BCUT2D eigenvalue weighted by molar-refractivity contribution is 5.22. The van der Waals surface area contributed by atoms with E-state index < -0.39 is 0 Å². The summed E-state index contributed by atoms with van der Waals surface area (Å²) < 4.78 is 12.8. The van der Waals surface area contributed by atoms with E-state index >= 15 is 0 Å². The molecule has 1 fully saturated rings. The molecule has 0 spiro atoms. The first-order valence-electron chi connectivity index (χ1n) is 4.55. The monoisotopic (exact) mass is 191 g/mol. The molecule has 0 unspecified atom stereocenters. The lowest BCUT2D eigenvalue weighted by Crippen LogP contribution is -2.07. The Labute approximate surface area is 81.2 Å². The van der Waals surface area contributed by atoms with Crippen molar-refractivity contribution in [3.63, 3.8) is 0 Å². The van der Waals surface area contributed by atoms with Gasteiger partial charge in [-0.15, -0.1) is 0 Å². The van der Waals surface area contributed by atoms with Crippen molar-refractivity contribution in [3.05, 3.63) is 46.1 Å². The predicted molar refractivity (Wildman–Crippen MR) is 51.2 cm³/mol. The van der Waals surface area contributed by atoms with Gasteiger partial charge >= 0.3 is 0 Å². The van der Waals surface area contributed by atoms with E-state index in [2.05, 4.69) is 10.0 Å². The average Bonchev–Trinajstić information content (AvgIpc) is 2.85. The summed E-state index contributed by atoms with van der Waals surface area (Å²) in [5.74, 6) is -0.237. The van der Waals surface area contributed by atoms with Gasteiger partial charge in [-0.25, -0.2) is 4.39 Å². The van der Waals surface area contributed by atoms with Gasteiger partial charge in [0.15, 0.2) is 0 Å². The zero-order valence-electron chi connectivity index (χ0n) is 7.65. The van der Waals surface area contributed by atoms with E-state index in [4.69, 9.17) is 5.53 Å². The van der Waals surface area contributed by atoms with Gasteiger partial charge in [0.2, 0.25) is 0 Å². The molecule has 0 N–H and O–H groups in total. The van der Waals surface area contributed by atoms with Gasteiger partial charge in [0.05, 0.1) is 5.54 Å². The normalized spacial score (nSPS) is 17.2. The van der Waals surface area contributed by atoms with Crippen molar-refractivity contribution in [2.45, 2.75) is 24.8 Å². The van der Waals surface area contributed by atoms with Crippen LogP contribution in [0.5, 0.6) is 0 Å². The van der Waals surface area contributed by atoms with Crippen molar-refractivity contribution in [1.29, 1.82) is 0 Å². The number of hydrogen-bond donors (Lipinski definition) is 0. The quantitative estimate of drug-likeness (QED) is 0.400. The second-order valence-corrected chi connectivity index (χ2v) is 3.72. The number of halogens is 1. The summed E-state index contributed by atoms with van der Waals surface area (Å²) in [6.07, 6.45) is 2.47. The summed E-state index contributed by atoms with van der Waals surface area (Å²) in [6.45, 7) is 0. The summed E-state index contributed by atoms with van der Waals surface area (Å²) in [4.78, 5) is 2.82. The Bertz CT molecular complexity index is 392. The van der Waals surface area contributed by atoms with Gasteiger partial charge in [-0.1, -0.05) is 17.2 Å². The van der Waals surface area contributed by atoms with Crippen molar-refractivity contribution in [2.24, 2.45) is 5.11 Å². The summed E-state index contributed by atoms with van der Waals surface area (Å²) >= 11 is 0. The van der Waals surface area contributed by atoms with Crippen molar-refractivity contribution in [1.82, 2.24) is 0 Å². The minimum atomic E-state index is -0.261. The number of benzene rings is 1. The Hall–Kier alpha value is -1.54.